The molecule has 0 radical (unpaired) electrons. The fourth-order valence-electron chi connectivity index (χ4n) is 4.10. The summed E-state index contributed by atoms with van der Waals surface area (Å²) < 4.78 is 29.4. The van der Waals surface area contributed by atoms with E-state index in [0.717, 1.165) is 5.39 Å². The number of hydrogen-bond acceptors (Lipinski definition) is 8. The summed E-state index contributed by atoms with van der Waals surface area (Å²) in [6.45, 7) is 2.33. The lowest BCUT2D eigenvalue weighted by atomic mass is 10.2. The van der Waals surface area contributed by atoms with Gasteiger partial charge in [-0.2, -0.15) is 9.78 Å². The van der Waals surface area contributed by atoms with Crippen LogP contribution in [0.2, 0.25) is 0 Å². The highest BCUT2D eigenvalue weighted by molar-refractivity contribution is 5.89. The number of rotatable bonds is 8. The molecule has 0 unspecified atom stereocenters. The van der Waals surface area contributed by atoms with Gasteiger partial charge in [0.15, 0.2) is 17.3 Å². The van der Waals surface area contributed by atoms with E-state index in [9.17, 15) is 4.79 Å². The van der Waals surface area contributed by atoms with Crippen molar-refractivity contribution in [1.82, 2.24) is 9.66 Å². The molecule has 188 valence electrons. The molecule has 2 heterocycles. The lowest BCUT2D eigenvalue weighted by molar-refractivity contribution is 0.288. The average molecular weight is 500 g/mol. The molecule has 5 aromatic rings. The van der Waals surface area contributed by atoms with Gasteiger partial charge in [-0.3, -0.25) is 4.79 Å². The van der Waals surface area contributed by atoms with E-state index in [-0.39, 0.29) is 11.4 Å². The van der Waals surface area contributed by atoms with Crippen molar-refractivity contribution in [2.45, 2.75) is 6.92 Å². The number of benzene rings is 3. The first-order valence-corrected chi connectivity index (χ1v) is 11.6. The third-order valence-corrected chi connectivity index (χ3v) is 5.81. The van der Waals surface area contributed by atoms with Gasteiger partial charge in [0.25, 0.3) is 5.56 Å². The largest absolute Gasteiger partial charge is 0.496 e. The summed E-state index contributed by atoms with van der Waals surface area (Å²) in [6, 6.07) is 17.9. The van der Waals surface area contributed by atoms with Crippen LogP contribution in [-0.4, -0.2) is 43.8 Å². The number of methoxy groups -OCH3 is 3. The highest BCUT2D eigenvalue weighted by Gasteiger charge is 2.18. The van der Waals surface area contributed by atoms with Gasteiger partial charge in [0.05, 0.1) is 50.4 Å². The topological polar surface area (TPSA) is 97.3 Å². The summed E-state index contributed by atoms with van der Waals surface area (Å²) in [5, 5.41) is 5.71. The molecular weight excluding hydrogens is 474 g/mol. The third-order valence-electron chi connectivity index (χ3n) is 5.81. The normalized spacial score (nSPS) is 11.4. The fourth-order valence-corrected chi connectivity index (χ4v) is 4.10. The Labute approximate surface area is 212 Å². The van der Waals surface area contributed by atoms with E-state index < -0.39 is 0 Å². The van der Waals surface area contributed by atoms with Gasteiger partial charge < -0.3 is 23.4 Å². The van der Waals surface area contributed by atoms with Crippen LogP contribution < -0.4 is 24.5 Å². The second kappa shape index (κ2) is 10.1. The van der Waals surface area contributed by atoms with Gasteiger partial charge in [-0.15, -0.1) is 0 Å². The smallest absolute Gasteiger partial charge is 0.282 e. The summed E-state index contributed by atoms with van der Waals surface area (Å²) in [7, 11) is 4.68. The first-order chi connectivity index (χ1) is 18.1. The summed E-state index contributed by atoms with van der Waals surface area (Å²) in [6.07, 6.45) is 1.53. The summed E-state index contributed by atoms with van der Waals surface area (Å²) in [5.41, 5.74) is 1.43. The van der Waals surface area contributed by atoms with Crippen LogP contribution in [0.5, 0.6) is 23.0 Å². The first kappa shape index (κ1) is 23.9. The van der Waals surface area contributed by atoms with Gasteiger partial charge in [0.1, 0.15) is 11.3 Å². The molecule has 0 atom stereocenters. The Morgan fingerprint density at radius 1 is 0.919 bits per heavy atom. The maximum atomic E-state index is 13.5. The van der Waals surface area contributed by atoms with Crippen molar-refractivity contribution >= 4 is 28.1 Å². The quantitative estimate of drug-likeness (QED) is 0.274. The van der Waals surface area contributed by atoms with Crippen molar-refractivity contribution < 1.29 is 23.4 Å². The van der Waals surface area contributed by atoms with Crippen LogP contribution in [0.3, 0.4) is 0 Å². The van der Waals surface area contributed by atoms with Crippen LogP contribution >= 0.6 is 0 Å². The van der Waals surface area contributed by atoms with E-state index in [1.807, 2.05) is 31.2 Å². The van der Waals surface area contributed by atoms with Gasteiger partial charge >= 0.3 is 0 Å². The van der Waals surface area contributed by atoms with Crippen LogP contribution in [0.25, 0.3) is 33.5 Å². The predicted octanol–water partition coefficient (Wildman–Crippen LogP) is 5.12. The van der Waals surface area contributed by atoms with Crippen LogP contribution in [0.1, 0.15) is 12.5 Å². The van der Waals surface area contributed by atoms with Gasteiger partial charge in [0.2, 0.25) is 11.6 Å². The number of aromatic nitrogens is 2. The number of furan rings is 1. The molecule has 0 spiro atoms. The predicted molar refractivity (Wildman–Crippen MR) is 141 cm³/mol. The summed E-state index contributed by atoms with van der Waals surface area (Å²) in [5.74, 6) is 2.74. The average Bonchev–Trinajstić information content (AvgIpc) is 3.37. The van der Waals surface area contributed by atoms with Crippen LogP contribution in [0.4, 0.5) is 0 Å². The molecule has 0 bridgehead atoms. The van der Waals surface area contributed by atoms with E-state index >= 15 is 0 Å². The van der Waals surface area contributed by atoms with Crippen molar-refractivity contribution in [3.05, 3.63) is 76.6 Å². The molecule has 2 aromatic heterocycles. The van der Waals surface area contributed by atoms with Crippen molar-refractivity contribution in [2.24, 2.45) is 5.10 Å². The third kappa shape index (κ3) is 4.35. The van der Waals surface area contributed by atoms with E-state index in [1.54, 1.807) is 57.7 Å². The zero-order chi connectivity index (χ0) is 25.9. The van der Waals surface area contributed by atoms with Crippen molar-refractivity contribution in [1.29, 1.82) is 0 Å². The van der Waals surface area contributed by atoms with Gasteiger partial charge in [0, 0.05) is 5.56 Å². The number of para-hydroxylation sites is 1. The Hall–Kier alpha value is -4.79. The fraction of sp³-hybridized carbons (Fsp3) is 0.179. The Balaban J connectivity index is 1.69. The highest BCUT2D eigenvalue weighted by atomic mass is 16.5. The maximum absolute atomic E-state index is 13.5. The number of hydrogen-bond donors (Lipinski definition) is 0. The van der Waals surface area contributed by atoms with Gasteiger partial charge in [-0.1, -0.05) is 18.2 Å². The number of nitrogens with zero attached hydrogens (tertiary/aromatic N) is 3. The van der Waals surface area contributed by atoms with Gasteiger partial charge in [-0.25, -0.2) is 4.98 Å². The zero-order valence-corrected chi connectivity index (χ0v) is 20.8. The second-order valence-electron chi connectivity index (χ2n) is 7.98. The SMILES string of the molecule is CCOc1c(OC)cc(C=Nn2c(-c3cc4c(OC)cccc4o3)nc3ccccc3c2=O)cc1OC. The lowest BCUT2D eigenvalue weighted by Gasteiger charge is -2.14. The Kier molecular flexibility index (Phi) is 6.51. The van der Waals surface area contributed by atoms with E-state index in [4.69, 9.17) is 28.3 Å². The molecule has 9 nitrogen and oxygen atoms in total. The minimum absolute atomic E-state index is 0.253. The maximum Gasteiger partial charge on any atom is 0.282 e. The molecule has 0 aliphatic carbocycles. The first-order valence-electron chi connectivity index (χ1n) is 11.6. The Morgan fingerprint density at radius 3 is 2.35 bits per heavy atom. The molecule has 0 N–H and O–H groups in total. The lowest BCUT2D eigenvalue weighted by Crippen LogP contribution is -2.20. The van der Waals surface area contributed by atoms with E-state index in [2.05, 4.69) is 5.10 Å². The molecule has 0 aliphatic heterocycles. The number of fused-ring (bicyclic) bond motifs is 2. The van der Waals surface area contributed by atoms with Gasteiger partial charge in [-0.05, 0) is 49.4 Å². The molecule has 0 saturated carbocycles. The molecule has 37 heavy (non-hydrogen) atoms. The van der Waals surface area contributed by atoms with E-state index in [1.165, 1.54) is 10.9 Å². The van der Waals surface area contributed by atoms with E-state index in [0.29, 0.717) is 57.4 Å². The molecule has 0 fully saturated rings. The Bertz CT molecular complexity index is 1660. The second-order valence-corrected chi connectivity index (χ2v) is 7.98. The highest BCUT2D eigenvalue weighted by Crippen LogP contribution is 2.38. The van der Waals surface area contributed by atoms with Crippen LogP contribution in [0.15, 0.2) is 75.0 Å². The monoisotopic (exact) mass is 499 g/mol. The minimum atomic E-state index is -0.339. The van der Waals surface area contributed by atoms with Crippen LogP contribution in [-0.2, 0) is 0 Å². The molecule has 0 aliphatic rings. The van der Waals surface area contributed by atoms with Crippen LogP contribution in [0, 0.1) is 0 Å². The molecule has 9 heteroatoms. The van der Waals surface area contributed by atoms with Crippen molar-refractivity contribution in [3.8, 4) is 34.6 Å². The molecular formula is C28H25N3O6. The number of ether oxygens (including phenoxy) is 4. The molecule has 0 saturated heterocycles. The van der Waals surface area contributed by atoms with Crippen molar-refractivity contribution in [2.75, 3.05) is 27.9 Å². The molecule has 3 aromatic carbocycles. The summed E-state index contributed by atoms with van der Waals surface area (Å²) >= 11 is 0. The van der Waals surface area contributed by atoms with Crippen molar-refractivity contribution in [3.63, 3.8) is 0 Å². The molecule has 0 amide bonds. The Morgan fingerprint density at radius 2 is 1.65 bits per heavy atom. The molecule has 5 rings (SSSR count). The zero-order valence-electron chi connectivity index (χ0n) is 20.8. The minimum Gasteiger partial charge on any atom is -0.496 e. The summed E-state index contributed by atoms with van der Waals surface area (Å²) in [4.78, 5) is 18.3. The standard InChI is InChI=1S/C28H25N3O6/c1-5-36-26-23(34-3)13-17(14-24(26)35-4)16-29-31-27(30-20-10-7-6-9-18(20)28(31)32)25-15-19-21(33-2)11-8-12-22(19)37-25/h6-16H,5H2,1-4H3.